The molecule has 0 saturated heterocycles. The van der Waals surface area contributed by atoms with E-state index in [9.17, 15) is 17.6 Å². The van der Waals surface area contributed by atoms with Crippen LogP contribution in [0.15, 0.2) is 77.0 Å². The molecule has 33 heavy (non-hydrogen) atoms. The summed E-state index contributed by atoms with van der Waals surface area (Å²) in [5.74, 6) is -3.22. The molecule has 0 unspecified atom stereocenters. The zero-order chi connectivity index (χ0) is 24.2. The van der Waals surface area contributed by atoms with Crippen LogP contribution in [0, 0.1) is 0 Å². The summed E-state index contributed by atoms with van der Waals surface area (Å²) in [5, 5.41) is 8.75. The first-order valence-corrected chi connectivity index (χ1v) is 12.8. The lowest BCUT2D eigenvalue weighted by atomic mass is 10.1. The minimum absolute atomic E-state index is 0.00751. The molecule has 0 aliphatic carbocycles. The number of carboxylic acid groups (broad SMARTS) is 1. The molecule has 10 heteroatoms. The highest BCUT2D eigenvalue weighted by atomic mass is 32.2. The Morgan fingerprint density at radius 1 is 1.33 bits per heavy atom. The molecule has 1 N–H and O–H groups in total. The van der Waals surface area contributed by atoms with Gasteiger partial charge in [0.1, 0.15) is 16.9 Å². The number of halogens is 1. The number of hydrogen-bond donors (Lipinski definition) is 1. The lowest BCUT2D eigenvalue weighted by Gasteiger charge is -2.29. The summed E-state index contributed by atoms with van der Waals surface area (Å²) in [6, 6.07) is 12.1. The minimum atomic E-state index is -3.94. The fraction of sp³-hybridized carbons (Fsp3) is 0.261. The first kappa shape index (κ1) is 24.8. The zero-order valence-corrected chi connectivity index (χ0v) is 19.9. The third-order valence-corrected chi connectivity index (χ3v) is 8.06. The Hall–Kier alpha value is -2.82. The van der Waals surface area contributed by atoms with Crippen LogP contribution in [0.4, 0.5) is 15.8 Å². The predicted octanol–water partition coefficient (Wildman–Crippen LogP) is 4.79. The van der Waals surface area contributed by atoms with Gasteiger partial charge < -0.3 is 14.7 Å². The average molecular weight is 493 g/mol. The fourth-order valence-electron chi connectivity index (χ4n) is 3.58. The summed E-state index contributed by atoms with van der Waals surface area (Å²) in [7, 11) is -2.41. The Morgan fingerprint density at radius 3 is 2.64 bits per heavy atom. The smallest absolute Gasteiger partial charge is 0.368 e. The SMILES string of the molecule is C=CCC[C@@H]1CN(c2ccccc2)c2cc(SC)c(O/C=C(\F)C(=O)O)cc2S(=O)(=O)N1C. The first-order valence-electron chi connectivity index (χ1n) is 10.1. The van der Waals surface area contributed by atoms with Gasteiger partial charge in [-0.15, -0.1) is 18.3 Å². The molecule has 176 valence electrons. The van der Waals surface area contributed by atoms with Crippen molar-refractivity contribution in [1.29, 1.82) is 0 Å². The van der Waals surface area contributed by atoms with Gasteiger partial charge in [0, 0.05) is 31.4 Å². The van der Waals surface area contributed by atoms with E-state index in [-0.39, 0.29) is 16.7 Å². The van der Waals surface area contributed by atoms with Crippen LogP contribution in [-0.4, -0.2) is 49.7 Å². The van der Waals surface area contributed by atoms with Crippen molar-refractivity contribution in [3.8, 4) is 5.75 Å². The number of ether oxygens (including phenoxy) is 1. The van der Waals surface area contributed by atoms with Gasteiger partial charge in [-0.25, -0.2) is 13.2 Å². The van der Waals surface area contributed by atoms with Gasteiger partial charge in [0.15, 0.2) is 0 Å². The summed E-state index contributed by atoms with van der Waals surface area (Å²) >= 11 is 1.28. The van der Waals surface area contributed by atoms with E-state index in [0.717, 1.165) is 5.69 Å². The molecule has 0 saturated carbocycles. The second kappa shape index (κ2) is 10.4. The minimum Gasteiger partial charge on any atom is -0.476 e. The monoisotopic (exact) mass is 492 g/mol. The van der Waals surface area contributed by atoms with Gasteiger partial charge >= 0.3 is 5.97 Å². The zero-order valence-electron chi connectivity index (χ0n) is 18.3. The van der Waals surface area contributed by atoms with E-state index in [0.29, 0.717) is 36.2 Å². The summed E-state index contributed by atoms with van der Waals surface area (Å²) < 4.78 is 47.3. The van der Waals surface area contributed by atoms with Crippen molar-refractivity contribution in [1.82, 2.24) is 4.31 Å². The number of para-hydroxylation sites is 1. The molecule has 0 bridgehead atoms. The maximum atomic E-state index is 13.6. The van der Waals surface area contributed by atoms with Crippen molar-refractivity contribution in [2.24, 2.45) is 0 Å². The number of rotatable bonds is 8. The number of carboxylic acids is 1. The normalized spacial score (nSPS) is 18.3. The maximum Gasteiger partial charge on any atom is 0.368 e. The number of benzene rings is 2. The van der Waals surface area contributed by atoms with E-state index >= 15 is 0 Å². The molecule has 1 aliphatic rings. The van der Waals surface area contributed by atoms with Crippen LogP contribution in [0.1, 0.15) is 12.8 Å². The quantitative estimate of drug-likeness (QED) is 0.245. The van der Waals surface area contributed by atoms with Crippen molar-refractivity contribution in [2.45, 2.75) is 28.7 Å². The number of sulfonamides is 1. The number of nitrogens with zero attached hydrogens (tertiary/aromatic N) is 2. The summed E-state index contributed by atoms with van der Waals surface area (Å²) in [4.78, 5) is 13.2. The first-order chi connectivity index (χ1) is 15.7. The van der Waals surface area contributed by atoms with Crippen molar-refractivity contribution in [3.05, 3.63) is 67.2 Å². The molecule has 2 aromatic carbocycles. The lowest BCUT2D eigenvalue weighted by molar-refractivity contribution is -0.134. The predicted molar refractivity (Wildman–Crippen MR) is 127 cm³/mol. The number of allylic oxidation sites excluding steroid dienone is 1. The highest BCUT2D eigenvalue weighted by Crippen LogP contribution is 2.43. The molecular formula is C23H25FN2O5S2. The third-order valence-electron chi connectivity index (χ3n) is 5.37. The molecule has 0 spiro atoms. The van der Waals surface area contributed by atoms with E-state index in [2.05, 4.69) is 6.58 Å². The molecule has 1 aliphatic heterocycles. The van der Waals surface area contributed by atoms with Gasteiger partial charge in [-0.05, 0) is 37.3 Å². The Morgan fingerprint density at radius 2 is 2.03 bits per heavy atom. The van der Waals surface area contributed by atoms with Crippen LogP contribution in [0.3, 0.4) is 0 Å². The van der Waals surface area contributed by atoms with Crippen LogP contribution in [0.2, 0.25) is 0 Å². The van der Waals surface area contributed by atoms with Gasteiger partial charge in [0.25, 0.3) is 0 Å². The highest BCUT2D eigenvalue weighted by Gasteiger charge is 2.37. The Labute approximate surface area is 197 Å². The lowest BCUT2D eigenvalue weighted by Crippen LogP contribution is -2.40. The van der Waals surface area contributed by atoms with Gasteiger partial charge in [0.05, 0.1) is 10.6 Å². The van der Waals surface area contributed by atoms with E-state index < -0.39 is 21.8 Å². The van der Waals surface area contributed by atoms with E-state index in [1.54, 1.807) is 18.4 Å². The number of thioether (sulfide) groups is 1. The molecule has 3 rings (SSSR count). The Bertz CT molecular complexity index is 1170. The number of carbonyl (C=O) groups is 1. The van der Waals surface area contributed by atoms with Crippen LogP contribution in [-0.2, 0) is 14.8 Å². The van der Waals surface area contributed by atoms with Crippen molar-refractivity contribution in [2.75, 3.05) is 24.7 Å². The van der Waals surface area contributed by atoms with Crippen LogP contribution in [0.5, 0.6) is 5.75 Å². The van der Waals surface area contributed by atoms with E-state index in [4.69, 9.17) is 9.84 Å². The molecule has 0 amide bonds. The Balaban J connectivity index is 2.22. The largest absolute Gasteiger partial charge is 0.476 e. The highest BCUT2D eigenvalue weighted by molar-refractivity contribution is 7.98. The molecular weight excluding hydrogens is 467 g/mol. The fourth-order valence-corrected chi connectivity index (χ4v) is 5.68. The van der Waals surface area contributed by atoms with Crippen LogP contribution >= 0.6 is 11.8 Å². The molecule has 0 radical (unpaired) electrons. The molecule has 1 atom stereocenters. The second-order valence-corrected chi connectivity index (χ2v) is 10.2. The van der Waals surface area contributed by atoms with Gasteiger partial charge in [-0.1, -0.05) is 24.3 Å². The van der Waals surface area contributed by atoms with E-state index in [1.807, 2.05) is 35.2 Å². The van der Waals surface area contributed by atoms with Gasteiger partial charge in [-0.2, -0.15) is 8.70 Å². The Kier molecular flexibility index (Phi) is 7.83. The molecule has 7 nitrogen and oxygen atoms in total. The summed E-state index contributed by atoms with van der Waals surface area (Å²) in [6.07, 6.45) is 5.21. The van der Waals surface area contributed by atoms with Crippen LogP contribution in [0.25, 0.3) is 0 Å². The number of likely N-dealkylation sites (N-methyl/N-ethyl adjacent to an activating group) is 1. The number of anilines is 2. The standard InChI is InChI=1S/C23H25FN2O5S2/c1-4-5-9-17-14-26(16-10-7-6-8-11-16)19-12-21(32-3)20(31-15-18(24)23(27)28)13-22(19)33(29,30)25(17)2/h4,6-8,10-13,15,17H,1,5,9,14H2,2-3H3,(H,27,28)/b18-15-/t17-/m1/s1. The molecule has 0 fully saturated rings. The van der Waals surface area contributed by atoms with E-state index in [1.165, 1.54) is 29.2 Å². The number of aliphatic carboxylic acids is 1. The topological polar surface area (TPSA) is 87.1 Å². The third kappa shape index (κ3) is 5.23. The van der Waals surface area contributed by atoms with Gasteiger partial charge in [-0.3, -0.25) is 0 Å². The molecule has 0 aromatic heterocycles. The van der Waals surface area contributed by atoms with Crippen molar-refractivity contribution < 1.29 is 27.4 Å². The summed E-state index contributed by atoms with van der Waals surface area (Å²) in [5.41, 5.74) is 1.29. The number of fused-ring (bicyclic) bond motifs is 1. The second-order valence-electron chi connectivity index (χ2n) is 7.35. The van der Waals surface area contributed by atoms with Crippen molar-refractivity contribution in [3.63, 3.8) is 0 Å². The maximum absolute atomic E-state index is 13.6. The average Bonchev–Trinajstić information content (AvgIpc) is 2.89. The molecule has 2 aromatic rings. The van der Waals surface area contributed by atoms with Crippen LogP contribution < -0.4 is 9.64 Å². The van der Waals surface area contributed by atoms with Crippen molar-refractivity contribution >= 4 is 39.1 Å². The summed E-state index contributed by atoms with van der Waals surface area (Å²) in [6.45, 7) is 4.17. The van der Waals surface area contributed by atoms with Gasteiger partial charge in [0.2, 0.25) is 15.9 Å². The molecule has 1 heterocycles. The number of hydrogen-bond acceptors (Lipinski definition) is 6.